The van der Waals surface area contributed by atoms with Crippen LogP contribution >= 0.6 is 0 Å². The van der Waals surface area contributed by atoms with E-state index in [0.29, 0.717) is 24.0 Å². The maximum absolute atomic E-state index is 12.2. The normalized spacial score (nSPS) is 12.9. The van der Waals surface area contributed by atoms with Crippen molar-refractivity contribution in [3.63, 3.8) is 0 Å². The quantitative estimate of drug-likeness (QED) is 0.845. The molecule has 0 saturated heterocycles. The highest BCUT2D eigenvalue weighted by molar-refractivity contribution is 7.92. The molecule has 22 heavy (non-hydrogen) atoms. The third kappa shape index (κ3) is 4.24. The summed E-state index contributed by atoms with van der Waals surface area (Å²) < 4.78 is 37.2. The summed E-state index contributed by atoms with van der Waals surface area (Å²) in [6, 6.07) is 7.81. The fraction of sp³-hybridized carbons (Fsp3) is 0.400. The van der Waals surface area contributed by atoms with Gasteiger partial charge in [-0.3, -0.25) is 4.72 Å². The van der Waals surface area contributed by atoms with Gasteiger partial charge in [0.1, 0.15) is 11.5 Å². The lowest BCUT2D eigenvalue weighted by atomic mass is 10.1. The number of nitrogens with one attached hydrogen (secondary N) is 1. The van der Waals surface area contributed by atoms with Crippen LogP contribution in [0.15, 0.2) is 39.8 Å². The molecular formula is C15H20N2O4S. The van der Waals surface area contributed by atoms with Crippen LogP contribution in [0.2, 0.25) is 0 Å². The molecule has 0 amide bonds. The molecule has 0 aliphatic heterocycles. The van der Waals surface area contributed by atoms with Crippen LogP contribution in [0.3, 0.4) is 0 Å². The highest BCUT2D eigenvalue weighted by Gasteiger charge is 2.16. The van der Waals surface area contributed by atoms with Gasteiger partial charge in [-0.1, -0.05) is 25.4 Å². The monoisotopic (exact) mass is 324 g/mol. The Morgan fingerprint density at radius 2 is 2.00 bits per heavy atom. The van der Waals surface area contributed by atoms with Gasteiger partial charge in [-0.15, -0.1) is 0 Å². The highest BCUT2D eigenvalue weighted by Crippen LogP contribution is 2.19. The average Bonchev–Trinajstić information content (AvgIpc) is 2.89. The van der Waals surface area contributed by atoms with Gasteiger partial charge in [0.2, 0.25) is 0 Å². The maximum Gasteiger partial charge on any atom is 0.263 e. The number of hydrogen-bond acceptors (Lipinski definition) is 5. The predicted octanol–water partition coefficient (Wildman–Crippen LogP) is 3.21. The minimum absolute atomic E-state index is 0.143. The highest BCUT2D eigenvalue weighted by atomic mass is 32.2. The largest absolute Gasteiger partial charge is 0.493 e. The van der Waals surface area contributed by atoms with Crippen LogP contribution in [-0.4, -0.2) is 20.2 Å². The van der Waals surface area contributed by atoms with Crippen LogP contribution in [0.5, 0.6) is 5.75 Å². The third-order valence-corrected chi connectivity index (χ3v) is 4.60. The molecule has 1 atom stereocenters. The Balaban J connectivity index is 2.05. The Hall–Kier alpha value is -2.02. The average molecular weight is 324 g/mol. The lowest BCUT2D eigenvalue weighted by molar-refractivity contribution is 0.256. The molecule has 0 radical (unpaired) electrons. The van der Waals surface area contributed by atoms with Crippen molar-refractivity contribution in [2.45, 2.75) is 32.1 Å². The first-order chi connectivity index (χ1) is 10.4. The summed E-state index contributed by atoms with van der Waals surface area (Å²) in [5.41, 5.74) is 0. The van der Waals surface area contributed by atoms with Crippen LogP contribution in [-0.2, 0) is 10.0 Å². The SMILES string of the molecule is CCC(C)COc1ccc(S(=O)(=O)Nc2cc(C)on2)cc1. The number of aromatic nitrogens is 1. The molecule has 2 rings (SSSR count). The van der Waals surface area contributed by atoms with Gasteiger partial charge in [0.25, 0.3) is 10.0 Å². The number of sulfonamides is 1. The first kappa shape index (κ1) is 16.4. The molecule has 1 unspecified atom stereocenters. The standard InChI is InChI=1S/C15H20N2O4S/c1-4-11(2)10-20-13-5-7-14(8-6-13)22(18,19)17-15-9-12(3)21-16-15/h5-9,11H,4,10H2,1-3H3,(H,16,17). The number of benzene rings is 1. The van der Waals surface area contributed by atoms with E-state index in [1.54, 1.807) is 19.1 Å². The molecule has 2 aromatic rings. The Kier molecular flexibility index (Phi) is 5.07. The van der Waals surface area contributed by atoms with Gasteiger partial charge >= 0.3 is 0 Å². The second-order valence-corrected chi connectivity index (χ2v) is 6.91. The maximum atomic E-state index is 12.2. The van der Waals surface area contributed by atoms with E-state index in [2.05, 4.69) is 23.7 Å². The number of hydrogen-bond donors (Lipinski definition) is 1. The summed E-state index contributed by atoms with van der Waals surface area (Å²) in [4.78, 5) is 0.143. The molecule has 7 heteroatoms. The fourth-order valence-corrected chi connectivity index (χ4v) is 2.67. The van der Waals surface area contributed by atoms with Crippen molar-refractivity contribution in [2.75, 3.05) is 11.3 Å². The smallest absolute Gasteiger partial charge is 0.263 e. The summed E-state index contributed by atoms with van der Waals surface area (Å²) in [5, 5.41) is 3.61. The van der Waals surface area contributed by atoms with Crippen LogP contribution in [0.1, 0.15) is 26.0 Å². The molecule has 6 nitrogen and oxygen atoms in total. The van der Waals surface area contributed by atoms with Gasteiger partial charge < -0.3 is 9.26 Å². The second-order valence-electron chi connectivity index (χ2n) is 5.22. The Labute approximate surface area is 130 Å². The zero-order chi connectivity index (χ0) is 16.2. The van der Waals surface area contributed by atoms with Gasteiger partial charge in [0.05, 0.1) is 11.5 Å². The van der Waals surface area contributed by atoms with Gasteiger partial charge in [-0.05, 0) is 37.1 Å². The number of anilines is 1. The van der Waals surface area contributed by atoms with Gasteiger partial charge in [-0.2, -0.15) is 0 Å². The zero-order valence-corrected chi connectivity index (χ0v) is 13.7. The first-order valence-electron chi connectivity index (χ1n) is 7.09. The van der Waals surface area contributed by atoms with E-state index in [1.807, 2.05) is 0 Å². The van der Waals surface area contributed by atoms with Crippen LogP contribution in [0.4, 0.5) is 5.82 Å². The Bertz CT molecular complexity index is 707. The number of ether oxygens (including phenoxy) is 1. The van der Waals surface area contributed by atoms with E-state index >= 15 is 0 Å². The summed E-state index contributed by atoms with van der Waals surface area (Å²) in [6.45, 7) is 6.50. The van der Waals surface area contributed by atoms with Crippen molar-refractivity contribution in [1.29, 1.82) is 0 Å². The van der Waals surface area contributed by atoms with E-state index in [9.17, 15) is 8.42 Å². The Morgan fingerprint density at radius 3 is 2.55 bits per heavy atom. The van der Waals surface area contributed by atoms with Crippen molar-refractivity contribution in [3.8, 4) is 5.75 Å². The summed E-state index contributed by atoms with van der Waals surface area (Å²) in [5.74, 6) is 1.80. The molecule has 120 valence electrons. The summed E-state index contributed by atoms with van der Waals surface area (Å²) in [7, 11) is -3.68. The Morgan fingerprint density at radius 1 is 1.32 bits per heavy atom. The van der Waals surface area contributed by atoms with Crippen LogP contribution in [0, 0.1) is 12.8 Å². The minimum atomic E-state index is -3.68. The van der Waals surface area contributed by atoms with Crippen LogP contribution in [0.25, 0.3) is 0 Å². The van der Waals surface area contributed by atoms with Crippen molar-refractivity contribution in [2.24, 2.45) is 5.92 Å². The van der Waals surface area contributed by atoms with Gasteiger partial charge in [-0.25, -0.2) is 8.42 Å². The molecule has 0 bridgehead atoms. The molecule has 1 N–H and O–H groups in total. The van der Waals surface area contributed by atoms with Crippen molar-refractivity contribution >= 4 is 15.8 Å². The summed E-state index contributed by atoms with van der Waals surface area (Å²) >= 11 is 0. The second kappa shape index (κ2) is 6.83. The van der Waals surface area contributed by atoms with Crippen LogP contribution < -0.4 is 9.46 Å². The van der Waals surface area contributed by atoms with E-state index in [1.165, 1.54) is 18.2 Å². The molecular weight excluding hydrogens is 304 g/mol. The molecule has 1 aromatic carbocycles. The molecule has 0 aliphatic rings. The van der Waals surface area contributed by atoms with Crippen molar-refractivity contribution in [1.82, 2.24) is 5.16 Å². The molecule has 1 heterocycles. The van der Waals surface area contributed by atoms with Crippen molar-refractivity contribution in [3.05, 3.63) is 36.1 Å². The van der Waals surface area contributed by atoms with Crippen molar-refractivity contribution < 1.29 is 17.7 Å². The van der Waals surface area contributed by atoms with E-state index in [4.69, 9.17) is 9.26 Å². The predicted molar refractivity (Wildman–Crippen MR) is 83.4 cm³/mol. The number of nitrogens with zero attached hydrogens (tertiary/aromatic N) is 1. The van der Waals surface area contributed by atoms with Gasteiger partial charge in [0.15, 0.2) is 5.82 Å². The third-order valence-electron chi connectivity index (χ3n) is 3.23. The molecule has 1 aromatic heterocycles. The summed E-state index contributed by atoms with van der Waals surface area (Å²) in [6.07, 6.45) is 1.04. The minimum Gasteiger partial charge on any atom is -0.493 e. The first-order valence-corrected chi connectivity index (χ1v) is 8.58. The lowest BCUT2D eigenvalue weighted by Gasteiger charge is -2.11. The molecule has 0 fully saturated rings. The molecule has 0 aliphatic carbocycles. The number of rotatable bonds is 7. The van der Waals surface area contributed by atoms with E-state index in [0.717, 1.165) is 6.42 Å². The van der Waals surface area contributed by atoms with Gasteiger partial charge in [0, 0.05) is 6.07 Å². The topological polar surface area (TPSA) is 81.4 Å². The molecule has 0 spiro atoms. The van der Waals surface area contributed by atoms with E-state index < -0.39 is 10.0 Å². The number of aryl methyl sites for hydroxylation is 1. The van der Waals surface area contributed by atoms with E-state index in [-0.39, 0.29) is 10.7 Å². The zero-order valence-electron chi connectivity index (χ0n) is 12.9. The lowest BCUT2D eigenvalue weighted by Crippen LogP contribution is -2.13. The fourth-order valence-electron chi connectivity index (χ4n) is 1.68. The molecule has 0 saturated carbocycles.